The Morgan fingerprint density at radius 2 is 1.87 bits per heavy atom. The average molecular weight is 323 g/mol. The van der Waals surface area contributed by atoms with Crippen LogP contribution in [0.3, 0.4) is 0 Å². The van der Waals surface area contributed by atoms with Gasteiger partial charge in [0.05, 0.1) is 12.5 Å². The molecule has 0 radical (unpaired) electrons. The lowest BCUT2D eigenvalue weighted by atomic mass is 9.92. The first-order valence-corrected chi connectivity index (χ1v) is 9.37. The zero-order valence-corrected chi connectivity index (χ0v) is 15.1. The maximum atomic E-state index is 12.4. The van der Waals surface area contributed by atoms with Crippen LogP contribution < -0.4 is 0 Å². The summed E-state index contributed by atoms with van der Waals surface area (Å²) in [6, 6.07) is -0.393. The van der Waals surface area contributed by atoms with E-state index in [0.717, 1.165) is 19.3 Å². The summed E-state index contributed by atoms with van der Waals surface area (Å²) in [5.41, 5.74) is 0. The van der Waals surface area contributed by atoms with Gasteiger partial charge in [-0.3, -0.25) is 14.4 Å². The van der Waals surface area contributed by atoms with Gasteiger partial charge >= 0.3 is 0 Å². The molecule has 0 aromatic carbocycles. The van der Waals surface area contributed by atoms with Gasteiger partial charge in [0.25, 0.3) is 0 Å². The molecule has 0 bridgehead atoms. The summed E-state index contributed by atoms with van der Waals surface area (Å²) >= 11 is 0. The van der Waals surface area contributed by atoms with Gasteiger partial charge in [0, 0.05) is 19.4 Å². The van der Waals surface area contributed by atoms with Crippen LogP contribution >= 0.6 is 0 Å². The third-order valence-electron chi connectivity index (χ3n) is 4.99. The number of unbranched alkanes of at least 4 members (excludes halogenated alkanes) is 1. The number of Topliss-reactive ketones (excluding diaryl/α,β-unsaturated/α-hetero) is 2. The molecule has 1 saturated heterocycles. The number of likely N-dealkylation sites (tertiary alicyclic amines) is 1. The first-order chi connectivity index (χ1) is 11.0. The fourth-order valence-electron chi connectivity index (χ4n) is 3.43. The Balaban J connectivity index is 2.42. The highest BCUT2D eigenvalue weighted by Gasteiger charge is 2.31. The second-order valence-electron chi connectivity index (χ2n) is 6.75. The van der Waals surface area contributed by atoms with E-state index >= 15 is 0 Å². The van der Waals surface area contributed by atoms with Crippen LogP contribution in [-0.2, 0) is 14.4 Å². The van der Waals surface area contributed by atoms with E-state index in [-0.39, 0.29) is 23.9 Å². The van der Waals surface area contributed by atoms with Crippen molar-refractivity contribution in [3.8, 4) is 0 Å². The molecule has 1 aliphatic rings. The van der Waals surface area contributed by atoms with Crippen molar-refractivity contribution in [3.63, 3.8) is 0 Å². The summed E-state index contributed by atoms with van der Waals surface area (Å²) < 4.78 is 0. The number of hydrogen-bond acceptors (Lipinski definition) is 3. The Hall–Kier alpha value is -1.19. The van der Waals surface area contributed by atoms with Crippen LogP contribution in [0, 0.1) is 5.92 Å². The van der Waals surface area contributed by atoms with Crippen LogP contribution in [0.2, 0.25) is 0 Å². The molecule has 1 rings (SSSR count). The molecule has 1 aliphatic heterocycles. The topological polar surface area (TPSA) is 54.5 Å². The number of hydrogen-bond donors (Lipinski definition) is 0. The summed E-state index contributed by atoms with van der Waals surface area (Å²) in [7, 11) is 0. The van der Waals surface area contributed by atoms with Crippen molar-refractivity contribution in [2.24, 2.45) is 5.92 Å². The van der Waals surface area contributed by atoms with Gasteiger partial charge in [0.1, 0.15) is 5.78 Å². The van der Waals surface area contributed by atoms with Gasteiger partial charge in [-0.2, -0.15) is 0 Å². The van der Waals surface area contributed by atoms with Crippen LogP contribution in [0.25, 0.3) is 0 Å². The molecule has 0 aliphatic carbocycles. The zero-order valence-electron chi connectivity index (χ0n) is 15.1. The molecular formula is C19H33NO3. The van der Waals surface area contributed by atoms with Gasteiger partial charge in [0.2, 0.25) is 5.91 Å². The summed E-state index contributed by atoms with van der Waals surface area (Å²) in [6.07, 6.45) is 8.01. The first kappa shape index (κ1) is 19.9. The second-order valence-corrected chi connectivity index (χ2v) is 6.75. The van der Waals surface area contributed by atoms with Gasteiger partial charge < -0.3 is 4.90 Å². The maximum absolute atomic E-state index is 12.4. The standard InChI is InChI=1S/C19H33NO3/c1-4-7-9-15(5-2)11-12-16(21)14-18(22)17(6-3)20-13-8-10-19(20)23/h15,17H,4-14H2,1-3H3/t15?,17-/m0/s1. The normalized spacial score (nSPS) is 17.3. The van der Waals surface area contributed by atoms with E-state index in [2.05, 4.69) is 13.8 Å². The average Bonchev–Trinajstić information content (AvgIpc) is 2.94. The van der Waals surface area contributed by atoms with E-state index in [1.54, 1.807) is 4.90 Å². The molecule has 1 fully saturated rings. The van der Waals surface area contributed by atoms with Crippen molar-refractivity contribution >= 4 is 17.5 Å². The van der Waals surface area contributed by atoms with E-state index in [0.29, 0.717) is 31.7 Å². The number of rotatable bonds is 12. The smallest absolute Gasteiger partial charge is 0.223 e. The summed E-state index contributed by atoms with van der Waals surface area (Å²) in [4.78, 5) is 38.0. The maximum Gasteiger partial charge on any atom is 0.223 e. The van der Waals surface area contributed by atoms with Crippen LogP contribution in [-0.4, -0.2) is 35.0 Å². The third kappa shape index (κ3) is 6.44. The quantitative estimate of drug-likeness (QED) is 0.512. The fraction of sp³-hybridized carbons (Fsp3) is 0.842. The summed E-state index contributed by atoms with van der Waals surface area (Å²) in [5.74, 6) is 0.615. The lowest BCUT2D eigenvalue weighted by molar-refractivity contribution is -0.138. The number of ketones is 2. The summed E-state index contributed by atoms with van der Waals surface area (Å²) in [6.45, 7) is 6.92. The molecule has 132 valence electrons. The van der Waals surface area contributed by atoms with Gasteiger partial charge in [-0.1, -0.05) is 46.5 Å². The largest absolute Gasteiger partial charge is 0.333 e. The molecule has 0 N–H and O–H groups in total. The van der Waals surface area contributed by atoms with Gasteiger partial charge in [-0.05, 0) is 25.2 Å². The van der Waals surface area contributed by atoms with E-state index in [1.807, 2.05) is 6.92 Å². The Morgan fingerprint density at radius 1 is 1.13 bits per heavy atom. The second kappa shape index (κ2) is 10.6. The minimum atomic E-state index is -0.393. The van der Waals surface area contributed by atoms with Crippen molar-refractivity contribution in [3.05, 3.63) is 0 Å². The van der Waals surface area contributed by atoms with Crippen LogP contribution in [0.4, 0.5) is 0 Å². The Morgan fingerprint density at radius 3 is 2.39 bits per heavy atom. The monoisotopic (exact) mass is 323 g/mol. The molecule has 1 unspecified atom stereocenters. The summed E-state index contributed by atoms with van der Waals surface area (Å²) in [5, 5.41) is 0. The van der Waals surface area contributed by atoms with Gasteiger partial charge in [-0.25, -0.2) is 0 Å². The Bertz CT molecular complexity index is 405. The minimum absolute atomic E-state index is 0.00744. The van der Waals surface area contributed by atoms with Gasteiger partial charge in [-0.15, -0.1) is 0 Å². The Labute approximate surface area is 141 Å². The Kier molecular flexibility index (Phi) is 9.12. The highest BCUT2D eigenvalue weighted by Crippen LogP contribution is 2.20. The fourth-order valence-corrected chi connectivity index (χ4v) is 3.43. The number of carbonyl (C=O) groups is 3. The van der Waals surface area contributed by atoms with E-state index < -0.39 is 6.04 Å². The van der Waals surface area contributed by atoms with Crippen LogP contribution in [0.15, 0.2) is 0 Å². The molecule has 23 heavy (non-hydrogen) atoms. The number of amides is 1. The molecule has 0 aromatic heterocycles. The number of nitrogens with zero attached hydrogens (tertiary/aromatic N) is 1. The van der Waals surface area contributed by atoms with Crippen molar-refractivity contribution in [1.82, 2.24) is 4.90 Å². The van der Waals surface area contributed by atoms with E-state index in [1.165, 1.54) is 19.3 Å². The van der Waals surface area contributed by atoms with Gasteiger partial charge in [0.15, 0.2) is 5.78 Å². The third-order valence-corrected chi connectivity index (χ3v) is 4.99. The lowest BCUT2D eigenvalue weighted by Crippen LogP contribution is -2.42. The minimum Gasteiger partial charge on any atom is -0.333 e. The highest BCUT2D eigenvalue weighted by atomic mass is 16.2. The molecular weight excluding hydrogens is 290 g/mol. The molecule has 0 spiro atoms. The predicted octanol–water partition coefficient (Wildman–Crippen LogP) is 3.91. The number of carbonyl (C=O) groups excluding carboxylic acids is 3. The molecule has 4 heteroatoms. The highest BCUT2D eigenvalue weighted by molar-refractivity contribution is 6.02. The van der Waals surface area contributed by atoms with Crippen molar-refractivity contribution < 1.29 is 14.4 Å². The van der Waals surface area contributed by atoms with Crippen molar-refractivity contribution in [2.45, 2.75) is 91.0 Å². The molecule has 1 heterocycles. The molecule has 1 amide bonds. The van der Waals surface area contributed by atoms with Crippen LogP contribution in [0.5, 0.6) is 0 Å². The van der Waals surface area contributed by atoms with E-state index in [9.17, 15) is 14.4 Å². The molecule has 2 atom stereocenters. The molecule has 0 saturated carbocycles. The SMILES string of the molecule is CCCCC(CC)CCC(=O)CC(=O)[C@H](CC)N1CCCC1=O. The molecule has 4 nitrogen and oxygen atoms in total. The first-order valence-electron chi connectivity index (χ1n) is 9.37. The lowest BCUT2D eigenvalue weighted by Gasteiger charge is -2.25. The predicted molar refractivity (Wildman–Crippen MR) is 92.2 cm³/mol. The zero-order chi connectivity index (χ0) is 17.2. The molecule has 0 aromatic rings. The van der Waals surface area contributed by atoms with Crippen molar-refractivity contribution in [2.75, 3.05) is 6.54 Å². The van der Waals surface area contributed by atoms with Crippen molar-refractivity contribution in [1.29, 1.82) is 0 Å². The van der Waals surface area contributed by atoms with Crippen LogP contribution in [0.1, 0.15) is 85.0 Å². The van der Waals surface area contributed by atoms with E-state index in [4.69, 9.17) is 0 Å².